The fourth-order valence-electron chi connectivity index (χ4n) is 2.78. The molecule has 8 heteroatoms. The van der Waals surface area contributed by atoms with Gasteiger partial charge in [-0.05, 0) is 36.8 Å². The minimum atomic E-state index is -0.519. The van der Waals surface area contributed by atoms with Crippen molar-refractivity contribution in [3.05, 3.63) is 63.4 Å². The number of benzene rings is 2. The van der Waals surface area contributed by atoms with Crippen molar-refractivity contribution >= 4 is 46.0 Å². The Morgan fingerprint density at radius 2 is 1.89 bits per heavy atom. The van der Waals surface area contributed by atoms with Crippen molar-refractivity contribution in [2.45, 2.75) is 20.4 Å². The molecular weight excluding hydrogens is 380 g/mol. The molecule has 0 unspecified atom stereocenters. The number of aromatic nitrogens is 2. The van der Waals surface area contributed by atoms with Gasteiger partial charge in [0.15, 0.2) is 0 Å². The molecule has 1 heterocycles. The molecule has 0 aliphatic rings. The lowest BCUT2D eigenvalue weighted by atomic mass is 10.2. The standard InChI is InChI=1S/C20H19ClN4O3/c1-12-14(21)7-6-9-15(12)22-18(27)11-25-17-10-5-4-8-16(17)23-19(20(25)28)24(3)13(2)26/h4-10H,11H2,1-3H3,(H,22,27). The third kappa shape index (κ3) is 3.75. The summed E-state index contributed by atoms with van der Waals surface area (Å²) in [5, 5.41) is 3.32. The highest BCUT2D eigenvalue weighted by Crippen LogP contribution is 2.23. The topological polar surface area (TPSA) is 84.3 Å². The minimum absolute atomic E-state index is 0.0297. The molecule has 2 aromatic carbocycles. The van der Waals surface area contributed by atoms with E-state index in [4.69, 9.17) is 11.6 Å². The van der Waals surface area contributed by atoms with E-state index in [1.54, 1.807) is 49.4 Å². The maximum absolute atomic E-state index is 12.9. The predicted octanol–water partition coefficient (Wildman–Crippen LogP) is 2.98. The van der Waals surface area contributed by atoms with Crippen LogP contribution in [0.4, 0.5) is 11.5 Å². The molecule has 0 bridgehead atoms. The summed E-state index contributed by atoms with van der Waals surface area (Å²) in [5.74, 6) is -0.747. The van der Waals surface area contributed by atoms with Gasteiger partial charge in [0.25, 0.3) is 5.56 Å². The van der Waals surface area contributed by atoms with Crippen LogP contribution in [0.1, 0.15) is 12.5 Å². The first-order chi connectivity index (χ1) is 13.3. The molecule has 0 aliphatic carbocycles. The van der Waals surface area contributed by atoms with E-state index in [0.29, 0.717) is 21.7 Å². The van der Waals surface area contributed by atoms with Crippen LogP contribution < -0.4 is 15.8 Å². The lowest BCUT2D eigenvalue weighted by Crippen LogP contribution is -2.36. The minimum Gasteiger partial charge on any atom is -0.324 e. The van der Waals surface area contributed by atoms with Crippen molar-refractivity contribution in [3.8, 4) is 0 Å². The Morgan fingerprint density at radius 1 is 1.18 bits per heavy atom. The number of anilines is 2. The van der Waals surface area contributed by atoms with Crippen LogP contribution in [0.3, 0.4) is 0 Å². The second-order valence-corrected chi connectivity index (χ2v) is 6.76. The number of nitrogens with one attached hydrogen (secondary N) is 1. The molecule has 1 aromatic heterocycles. The van der Waals surface area contributed by atoms with Crippen molar-refractivity contribution in [1.29, 1.82) is 0 Å². The lowest BCUT2D eigenvalue weighted by molar-refractivity contribution is -0.117. The quantitative estimate of drug-likeness (QED) is 0.732. The number of para-hydroxylation sites is 2. The van der Waals surface area contributed by atoms with Gasteiger partial charge in [-0.25, -0.2) is 4.98 Å². The van der Waals surface area contributed by atoms with E-state index in [0.717, 1.165) is 5.56 Å². The number of rotatable bonds is 4. The van der Waals surface area contributed by atoms with Crippen molar-refractivity contribution in [1.82, 2.24) is 9.55 Å². The summed E-state index contributed by atoms with van der Waals surface area (Å²) in [6.07, 6.45) is 0. The largest absolute Gasteiger partial charge is 0.324 e. The van der Waals surface area contributed by atoms with E-state index in [1.807, 2.05) is 0 Å². The van der Waals surface area contributed by atoms with Crippen LogP contribution in [0.5, 0.6) is 0 Å². The third-order valence-electron chi connectivity index (χ3n) is 4.47. The van der Waals surface area contributed by atoms with Gasteiger partial charge >= 0.3 is 0 Å². The van der Waals surface area contributed by atoms with Crippen LogP contribution in [-0.2, 0) is 16.1 Å². The molecule has 0 atom stereocenters. The normalized spacial score (nSPS) is 10.7. The number of halogens is 1. The molecule has 144 valence electrons. The maximum atomic E-state index is 12.9. The van der Waals surface area contributed by atoms with Gasteiger partial charge in [0.05, 0.1) is 11.0 Å². The van der Waals surface area contributed by atoms with Gasteiger partial charge < -0.3 is 5.32 Å². The monoisotopic (exact) mass is 398 g/mol. The molecular formula is C20H19ClN4O3. The molecule has 3 rings (SSSR count). The molecule has 28 heavy (non-hydrogen) atoms. The third-order valence-corrected chi connectivity index (χ3v) is 4.88. The average molecular weight is 399 g/mol. The number of hydrogen-bond acceptors (Lipinski definition) is 4. The van der Waals surface area contributed by atoms with Crippen LogP contribution in [0, 0.1) is 6.92 Å². The SMILES string of the molecule is CC(=O)N(C)c1nc2ccccc2n(CC(=O)Nc2cccc(Cl)c2C)c1=O. The summed E-state index contributed by atoms with van der Waals surface area (Å²) in [7, 11) is 1.47. The number of fused-ring (bicyclic) bond motifs is 1. The van der Waals surface area contributed by atoms with Crippen LogP contribution in [0.15, 0.2) is 47.3 Å². The van der Waals surface area contributed by atoms with Crippen LogP contribution in [0.25, 0.3) is 11.0 Å². The number of carbonyl (C=O) groups excluding carboxylic acids is 2. The highest BCUT2D eigenvalue weighted by molar-refractivity contribution is 6.31. The van der Waals surface area contributed by atoms with E-state index in [-0.39, 0.29) is 24.2 Å². The van der Waals surface area contributed by atoms with E-state index >= 15 is 0 Å². The van der Waals surface area contributed by atoms with E-state index in [1.165, 1.54) is 23.4 Å². The number of nitrogens with zero attached hydrogens (tertiary/aromatic N) is 3. The molecule has 0 aliphatic heterocycles. The van der Waals surface area contributed by atoms with Crippen LogP contribution in [-0.4, -0.2) is 28.4 Å². The Morgan fingerprint density at radius 3 is 2.61 bits per heavy atom. The Bertz CT molecular complexity index is 1140. The van der Waals surface area contributed by atoms with Crippen molar-refractivity contribution in [3.63, 3.8) is 0 Å². The molecule has 0 spiro atoms. The Balaban J connectivity index is 2.03. The summed E-state index contributed by atoms with van der Waals surface area (Å²) in [5.41, 5.74) is 1.81. The average Bonchev–Trinajstić information content (AvgIpc) is 2.67. The van der Waals surface area contributed by atoms with Crippen LogP contribution in [0.2, 0.25) is 5.02 Å². The molecule has 0 radical (unpaired) electrons. The molecule has 0 saturated carbocycles. The molecule has 3 aromatic rings. The Labute approximate surface area is 166 Å². The highest BCUT2D eigenvalue weighted by Gasteiger charge is 2.18. The first kappa shape index (κ1) is 19.6. The summed E-state index contributed by atoms with van der Waals surface area (Å²) in [6, 6.07) is 12.2. The molecule has 2 amide bonds. The zero-order valence-electron chi connectivity index (χ0n) is 15.7. The van der Waals surface area contributed by atoms with E-state index < -0.39 is 5.56 Å². The first-order valence-electron chi connectivity index (χ1n) is 8.58. The van der Waals surface area contributed by atoms with Crippen molar-refractivity contribution < 1.29 is 9.59 Å². The molecule has 7 nitrogen and oxygen atoms in total. The van der Waals surface area contributed by atoms with E-state index in [2.05, 4.69) is 10.3 Å². The number of hydrogen-bond donors (Lipinski definition) is 1. The van der Waals surface area contributed by atoms with Gasteiger partial charge in [-0.3, -0.25) is 23.9 Å². The molecule has 1 N–H and O–H groups in total. The van der Waals surface area contributed by atoms with Crippen LogP contribution >= 0.6 is 11.6 Å². The van der Waals surface area contributed by atoms with Crippen molar-refractivity contribution in [2.24, 2.45) is 0 Å². The van der Waals surface area contributed by atoms with E-state index in [9.17, 15) is 14.4 Å². The lowest BCUT2D eigenvalue weighted by Gasteiger charge is -2.17. The summed E-state index contributed by atoms with van der Waals surface area (Å²) < 4.78 is 1.31. The highest BCUT2D eigenvalue weighted by atomic mass is 35.5. The fraction of sp³-hybridized carbons (Fsp3) is 0.200. The second-order valence-electron chi connectivity index (χ2n) is 6.35. The summed E-state index contributed by atoms with van der Waals surface area (Å²) >= 11 is 6.09. The predicted molar refractivity (Wildman–Crippen MR) is 110 cm³/mol. The smallest absolute Gasteiger partial charge is 0.294 e. The van der Waals surface area contributed by atoms with Gasteiger partial charge in [0, 0.05) is 24.7 Å². The van der Waals surface area contributed by atoms with Gasteiger partial charge in [0.1, 0.15) is 6.54 Å². The fourth-order valence-corrected chi connectivity index (χ4v) is 2.95. The Kier molecular flexibility index (Phi) is 5.46. The van der Waals surface area contributed by atoms with Gasteiger partial charge in [0.2, 0.25) is 17.6 Å². The van der Waals surface area contributed by atoms with Gasteiger partial charge in [-0.15, -0.1) is 0 Å². The zero-order chi connectivity index (χ0) is 20.4. The Hall–Kier alpha value is -3.19. The maximum Gasteiger partial charge on any atom is 0.294 e. The summed E-state index contributed by atoms with van der Waals surface area (Å²) in [6.45, 7) is 2.91. The van der Waals surface area contributed by atoms with Gasteiger partial charge in [-0.1, -0.05) is 29.8 Å². The second kappa shape index (κ2) is 7.82. The first-order valence-corrected chi connectivity index (χ1v) is 8.96. The summed E-state index contributed by atoms with van der Waals surface area (Å²) in [4.78, 5) is 42.8. The number of carbonyl (C=O) groups is 2. The number of amides is 2. The van der Waals surface area contributed by atoms with Gasteiger partial charge in [-0.2, -0.15) is 0 Å². The molecule has 0 saturated heterocycles. The molecule has 0 fully saturated rings. The van der Waals surface area contributed by atoms with Crippen molar-refractivity contribution in [2.75, 3.05) is 17.3 Å². The zero-order valence-corrected chi connectivity index (χ0v) is 16.4.